The van der Waals surface area contributed by atoms with Crippen molar-refractivity contribution in [2.45, 2.75) is 25.9 Å². The minimum absolute atomic E-state index is 0.152. The summed E-state index contributed by atoms with van der Waals surface area (Å²) in [6.07, 6.45) is 2.46. The number of hydrogen-bond donors (Lipinski definition) is 0. The van der Waals surface area contributed by atoms with Gasteiger partial charge in [-0.15, -0.1) is 0 Å². The van der Waals surface area contributed by atoms with Gasteiger partial charge in [-0.3, -0.25) is 4.79 Å². The van der Waals surface area contributed by atoms with Crippen LogP contribution in [0.15, 0.2) is 29.8 Å². The fourth-order valence-electron chi connectivity index (χ4n) is 2.47. The summed E-state index contributed by atoms with van der Waals surface area (Å²) in [5.41, 5.74) is 0.518. The molecular weight excluding hydrogens is 308 g/mol. The SMILES string of the molecule is COc1ccc(/C=C(\C#N)C(=O)O[C@@H](C)C(=O)N2CCCC2)cc1. The van der Waals surface area contributed by atoms with Crippen molar-refractivity contribution in [3.05, 3.63) is 35.4 Å². The molecular formula is C18H20N2O4. The lowest BCUT2D eigenvalue weighted by Crippen LogP contribution is -2.38. The molecule has 1 fully saturated rings. The largest absolute Gasteiger partial charge is 0.497 e. The lowest BCUT2D eigenvalue weighted by atomic mass is 10.1. The van der Waals surface area contributed by atoms with Crippen molar-refractivity contribution in [2.75, 3.05) is 20.2 Å². The van der Waals surface area contributed by atoms with E-state index < -0.39 is 12.1 Å². The Bertz CT molecular complexity index is 667. The molecule has 24 heavy (non-hydrogen) atoms. The van der Waals surface area contributed by atoms with Crippen LogP contribution in [-0.4, -0.2) is 43.1 Å². The highest BCUT2D eigenvalue weighted by molar-refractivity contribution is 5.99. The number of benzene rings is 1. The number of nitriles is 1. The average molecular weight is 328 g/mol. The van der Waals surface area contributed by atoms with Gasteiger partial charge in [0.05, 0.1) is 7.11 Å². The van der Waals surface area contributed by atoms with E-state index in [0.29, 0.717) is 24.4 Å². The molecule has 6 nitrogen and oxygen atoms in total. The van der Waals surface area contributed by atoms with Gasteiger partial charge in [0.15, 0.2) is 6.10 Å². The van der Waals surface area contributed by atoms with Crippen LogP contribution in [0.2, 0.25) is 0 Å². The zero-order valence-corrected chi connectivity index (χ0v) is 13.8. The highest BCUT2D eigenvalue weighted by Crippen LogP contribution is 2.15. The van der Waals surface area contributed by atoms with Crippen LogP contribution in [0.4, 0.5) is 0 Å². The van der Waals surface area contributed by atoms with Crippen LogP contribution in [0, 0.1) is 11.3 Å². The highest BCUT2D eigenvalue weighted by Gasteiger charge is 2.26. The summed E-state index contributed by atoms with van der Waals surface area (Å²) >= 11 is 0. The molecule has 1 amide bonds. The van der Waals surface area contributed by atoms with E-state index >= 15 is 0 Å². The Morgan fingerprint density at radius 3 is 2.42 bits per heavy atom. The van der Waals surface area contributed by atoms with Crippen molar-refractivity contribution < 1.29 is 19.1 Å². The molecule has 126 valence electrons. The lowest BCUT2D eigenvalue weighted by molar-refractivity contribution is -0.155. The van der Waals surface area contributed by atoms with Crippen molar-refractivity contribution in [3.63, 3.8) is 0 Å². The van der Waals surface area contributed by atoms with E-state index in [-0.39, 0.29) is 11.5 Å². The number of ether oxygens (including phenoxy) is 2. The van der Waals surface area contributed by atoms with E-state index in [4.69, 9.17) is 9.47 Å². The summed E-state index contributed by atoms with van der Waals surface area (Å²) in [4.78, 5) is 26.0. The Morgan fingerprint density at radius 1 is 1.25 bits per heavy atom. The summed E-state index contributed by atoms with van der Waals surface area (Å²) in [7, 11) is 1.56. The van der Waals surface area contributed by atoms with Gasteiger partial charge in [-0.05, 0) is 43.5 Å². The second kappa shape index (κ2) is 8.16. The maximum atomic E-state index is 12.2. The van der Waals surface area contributed by atoms with E-state index in [1.54, 1.807) is 36.3 Å². The highest BCUT2D eigenvalue weighted by atomic mass is 16.5. The second-order valence-electron chi connectivity index (χ2n) is 5.52. The zero-order chi connectivity index (χ0) is 17.5. The number of nitrogens with zero attached hydrogens (tertiary/aromatic N) is 2. The number of hydrogen-bond acceptors (Lipinski definition) is 5. The number of carbonyl (C=O) groups is 2. The maximum Gasteiger partial charge on any atom is 0.349 e. The quantitative estimate of drug-likeness (QED) is 0.470. The van der Waals surface area contributed by atoms with Crippen molar-refractivity contribution in [1.29, 1.82) is 5.26 Å². The lowest BCUT2D eigenvalue weighted by Gasteiger charge is -2.20. The molecule has 0 bridgehead atoms. The van der Waals surface area contributed by atoms with Gasteiger partial charge in [0.25, 0.3) is 5.91 Å². The Balaban J connectivity index is 2.03. The van der Waals surface area contributed by atoms with Gasteiger partial charge in [-0.25, -0.2) is 4.79 Å². The molecule has 0 saturated carbocycles. The van der Waals surface area contributed by atoms with E-state index in [9.17, 15) is 14.9 Å². The molecule has 1 aliphatic heterocycles. The number of amides is 1. The molecule has 1 saturated heterocycles. The number of rotatable bonds is 5. The van der Waals surface area contributed by atoms with Gasteiger partial charge in [-0.2, -0.15) is 5.26 Å². The first kappa shape index (κ1) is 17.5. The smallest absolute Gasteiger partial charge is 0.349 e. The van der Waals surface area contributed by atoms with Gasteiger partial charge in [0.1, 0.15) is 17.4 Å². The summed E-state index contributed by atoms with van der Waals surface area (Å²) in [6, 6.07) is 8.73. The first-order chi connectivity index (χ1) is 11.5. The van der Waals surface area contributed by atoms with Crippen LogP contribution in [0.1, 0.15) is 25.3 Å². The predicted octanol–water partition coefficient (Wildman–Crippen LogP) is 2.16. The first-order valence-electron chi connectivity index (χ1n) is 7.80. The molecule has 0 aliphatic carbocycles. The summed E-state index contributed by atoms with van der Waals surface area (Å²) < 4.78 is 10.2. The molecule has 1 aromatic carbocycles. The predicted molar refractivity (Wildman–Crippen MR) is 88.0 cm³/mol. The van der Waals surface area contributed by atoms with Crippen LogP contribution in [0.5, 0.6) is 5.75 Å². The summed E-state index contributed by atoms with van der Waals surface area (Å²) in [5, 5.41) is 9.18. The van der Waals surface area contributed by atoms with Crippen molar-refractivity contribution in [2.24, 2.45) is 0 Å². The standard InChI is InChI=1S/C18H20N2O4/c1-13(17(21)20-9-3-4-10-20)24-18(22)15(12-19)11-14-5-7-16(23-2)8-6-14/h5-8,11,13H,3-4,9-10H2,1-2H3/b15-11+/t13-/m0/s1. The van der Waals surface area contributed by atoms with Crippen LogP contribution in [0.25, 0.3) is 6.08 Å². The van der Waals surface area contributed by atoms with Gasteiger partial charge >= 0.3 is 5.97 Å². The van der Waals surface area contributed by atoms with Crippen LogP contribution < -0.4 is 4.74 Å². The first-order valence-corrected chi connectivity index (χ1v) is 7.80. The van der Waals surface area contributed by atoms with Crippen molar-refractivity contribution in [1.82, 2.24) is 4.90 Å². The number of carbonyl (C=O) groups excluding carboxylic acids is 2. The monoisotopic (exact) mass is 328 g/mol. The summed E-state index contributed by atoms with van der Waals surface area (Å²) in [6.45, 7) is 2.90. The molecule has 2 rings (SSSR count). The molecule has 0 unspecified atom stereocenters. The minimum Gasteiger partial charge on any atom is -0.497 e. The molecule has 0 aromatic heterocycles. The number of esters is 1. The third kappa shape index (κ3) is 4.35. The second-order valence-corrected chi connectivity index (χ2v) is 5.52. The molecule has 1 atom stereocenters. The topological polar surface area (TPSA) is 79.6 Å². The Labute approximate surface area is 141 Å². The van der Waals surface area contributed by atoms with Gasteiger partial charge in [0.2, 0.25) is 0 Å². The van der Waals surface area contributed by atoms with Gasteiger partial charge in [-0.1, -0.05) is 12.1 Å². The van der Waals surface area contributed by atoms with E-state index in [1.165, 1.54) is 13.0 Å². The summed E-state index contributed by atoms with van der Waals surface area (Å²) in [5.74, 6) is -0.339. The van der Waals surface area contributed by atoms with Gasteiger partial charge < -0.3 is 14.4 Å². The molecule has 1 heterocycles. The molecule has 0 spiro atoms. The fraction of sp³-hybridized carbons (Fsp3) is 0.389. The minimum atomic E-state index is -0.900. The van der Waals surface area contributed by atoms with Crippen LogP contribution >= 0.6 is 0 Å². The van der Waals surface area contributed by atoms with E-state index in [0.717, 1.165) is 12.8 Å². The molecule has 1 aromatic rings. The molecule has 0 N–H and O–H groups in total. The fourth-order valence-corrected chi connectivity index (χ4v) is 2.47. The van der Waals surface area contributed by atoms with E-state index in [2.05, 4.69) is 0 Å². The zero-order valence-electron chi connectivity index (χ0n) is 13.8. The number of methoxy groups -OCH3 is 1. The molecule has 6 heteroatoms. The Hall–Kier alpha value is -2.81. The molecule has 1 aliphatic rings. The normalized spacial score (nSPS) is 15.5. The number of likely N-dealkylation sites (tertiary alicyclic amines) is 1. The van der Waals surface area contributed by atoms with Crippen LogP contribution in [-0.2, 0) is 14.3 Å². The van der Waals surface area contributed by atoms with Crippen molar-refractivity contribution >= 4 is 18.0 Å². The Morgan fingerprint density at radius 2 is 1.88 bits per heavy atom. The van der Waals surface area contributed by atoms with Gasteiger partial charge in [0, 0.05) is 13.1 Å². The average Bonchev–Trinajstić information content (AvgIpc) is 3.13. The van der Waals surface area contributed by atoms with Crippen LogP contribution in [0.3, 0.4) is 0 Å². The molecule has 0 radical (unpaired) electrons. The van der Waals surface area contributed by atoms with Crippen molar-refractivity contribution in [3.8, 4) is 11.8 Å². The third-order valence-corrected chi connectivity index (χ3v) is 3.82. The maximum absolute atomic E-state index is 12.2. The third-order valence-electron chi connectivity index (χ3n) is 3.82. The Kier molecular flexibility index (Phi) is 5.96. The van der Waals surface area contributed by atoms with E-state index in [1.807, 2.05) is 6.07 Å².